The summed E-state index contributed by atoms with van der Waals surface area (Å²) < 4.78 is 24.3. The summed E-state index contributed by atoms with van der Waals surface area (Å²) in [7, 11) is 0. The summed E-state index contributed by atoms with van der Waals surface area (Å²) in [6, 6.07) is 18.1. The zero-order chi connectivity index (χ0) is 34.3. The maximum Gasteiger partial charge on any atom is 0.254 e. The summed E-state index contributed by atoms with van der Waals surface area (Å²) >= 11 is 0. The molecule has 5 N–H and O–H groups in total. The van der Waals surface area contributed by atoms with Gasteiger partial charge in [0.1, 0.15) is 22.9 Å². The zero-order valence-electron chi connectivity index (χ0n) is 26.9. The van der Waals surface area contributed by atoms with E-state index in [0.29, 0.717) is 54.0 Å². The van der Waals surface area contributed by atoms with Crippen LogP contribution in [0.3, 0.4) is 0 Å². The Bertz CT molecular complexity index is 1810. The van der Waals surface area contributed by atoms with Gasteiger partial charge in [-0.3, -0.25) is 19.3 Å². The predicted octanol–water partition coefficient (Wildman–Crippen LogP) is 3.69. The molecule has 0 aliphatic carbocycles. The summed E-state index contributed by atoms with van der Waals surface area (Å²) in [6.07, 6.45) is 1.31. The third kappa shape index (κ3) is 8.11. The fraction of sp³-hybridized carbons (Fsp3) is 0.286. The van der Waals surface area contributed by atoms with Crippen LogP contribution in [0.4, 0.5) is 27.5 Å². The first kappa shape index (κ1) is 33.3. The maximum absolute atomic E-state index is 13.4. The minimum atomic E-state index is -0.734. The summed E-state index contributed by atoms with van der Waals surface area (Å²) in [6.45, 7) is 6.79. The molecule has 49 heavy (non-hydrogen) atoms. The molecule has 0 radical (unpaired) electrons. The molecule has 4 aromatic rings. The Morgan fingerprint density at radius 1 is 0.959 bits per heavy atom. The van der Waals surface area contributed by atoms with Gasteiger partial charge in [0.15, 0.2) is 0 Å². The van der Waals surface area contributed by atoms with Crippen LogP contribution in [0, 0.1) is 5.82 Å². The number of nitrogens with two attached hydrogens (primary N) is 1. The van der Waals surface area contributed by atoms with Crippen molar-refractivity contribution >= 4 is 40.9 Å². The molecule has 0 spiro atoms. The monoisotopic (exact) mass is 668 g/mol. The Labute approximate surface area is 282 Å². The Hall–Kier alpha value is -5.60. The van der Waals surface area contributed by atoms with Crippen LogP contribution in [0.5, 0.6) is 5.75 Å². The molecule has 254 valence electrons. The van der Waals surface area contributed by atoms with Crippen molar-refractivity contribution in [3.05, 3.63) is 101 Å². The normalized spacial score (nSPS) is 14.9. The zero-order valence-corrected chi connectivity index (χ0v) is 26.9. The van der Waals surface area contributed by atoms with Crippen molar-refractivity contribution < 1.29 is 28.2 Å². The molecule has 2 aliphatic rings. The number of amides is 3. The lowest BCUT2D eigenvalue weighted by Crippen LogP contribution is -2.57. The molecule has 3 heterocycles. The summed E-state index contributed by atoms with van der Waals surface area (Å²) in [4.78, 5) is 51.2. The molecule has 1 aromatic heterocycles. The van der Waals surface area contributed by atoms with Gasteiger partial charge < -0.3 is 36.1 Å². The standard InChI is InChI=1S/C35H37FN8O5/c1-2-49-30-17-24(34(47)44-15-13-43(14-16-44)27-20-48-21-27)7-12-29(30)41-32-28(31(37)45)19-39-35(42-32)40-26-10-5-23(6-11-26)33(46)38-18-22-3-8-25(36)9-4-22/h3-12,17,19,27H,2,13-16,18,20-21H2,1H3,(H2,37,45)(H,38,46)(H2,39,40,41,42). The van der Waals surface area contributed by atoms with Crippen LogP contribution in [0.25, 0.3) is 0 Å². The van der Waals surface area contributed by atoms with Gasteiger partial charge in [-0.2, -0.15) is 4.98 Å². The number of nitrogens with one attached hydrogen (secondary N) is 3. The van der Waals surface area contributed by atoms with Gasteiger partial charge in [0.25, 0.3) is 17.7 Å². The van der Waals surface area contributed by atoms with E-state index in [1.165, 1.54) is 18.3 Å². The molecule has 2 fully saturated rings. The van der Waals surface area contributed by atoms with Crippen LogP contribution in [-0.4, -0.2) is 89.5 Å². The number of aromatic nitrogens is 2. The van der Waals surface area contributed by atoms with Crippen LogP contribution in [0.15, 0.2) is 72.9 Å². The smallest absolute Gasteiger partial charge is 0.254 e. The number of primary amides is 1. The molecule has 2 saturated heterocycles. The quantitative estimate of drug-likeness (QED) is 0.175. The van der Waals surface area contributed by atoms with Crippen LogP contribution >= 0.6 is 0 Å². The average molecular weight is 669 g/mol. The minimum Gasteiger partial charge on any atom is -0.492 e. The van der Waals surface area contributed by atoms with Crippen LogP contribution < -0.4 is 26.4 Å². The number of ether oxygens (including phenoxy) is 2. The summed E-state index contributed by atoms with van der Waals surface area (Å²) in [5.41, 5.74) is 8.46. The topological polar surface area (TPSA) is 164 Å². The van der Waals surface area contributed by atoms with E-state index in [9.17, 15) is 18.8 Å². The Kier molecular flexibility index (Phi) is 10.3. The van der Waals surface area contributed by atoms with E-state index in [4.69, 9.17) is 15.2 Å². The van der Waals surface area contributed by atoms with Crippen molar-refractivity contribution in [1.29, 1.82) is 0 Å². The number of nitrogens with zero attached hydrogens (tertiary/aromatic N) is 4. The second-order valence-corrected chi connectivity index (χ2v) is 11.6. The molecule has 6 rings (SSSR count). The number of halogens is 1. The molecule has 13 nitrogen and oxygen atoms in total. The van der Waals surface area contributed by atoms with Gasteiger partial charge in [-0.25, -0.2) is 9.37 Å². The molecule has 2 aliphatic heterocycles. The van der Waals surface area contributed by atoms with Crippen LogP contribution in [0.2, 0.25) is 0 Å². The molecular formula is C35H37FN8O5. The number of rotatable bonds is 12. The lowest BCUT2D eigenvalue weighted by molar-refractivity contribution is -0.0746. The molecule has 3 amide bonds. The number of piperazine rings is 1. The SMILES string of the molecule is CCOc1cc(C(=O)N2CCN(C3COC3)CC2)ccc1Nc1nc(Nc2ccc(C(=O)NCc3ccc(F)cc3)cc2)ncc1C(N)=O. The first-order valence-corrected chi connectivity index (χ1v) is 16.0. The van der Waals surface area contributed by atoms with Gasteiger partial charge in [-0.15, -0.1) is 0 Å². The van der Waals surface area contributed by atoms with Gasteiger partial charge in [-0.05, 0) is 67.1 Å². The van der Waals surface area contributed by atoms with Gasteiger partial charge in [0.05, 0.1) is 31.5 Å². The van der Waals surface area contributed by atoms with Crippen molar-refractivity contribution in [2.45, 2.75) is 19.5 Å². The summed E-state index contributed by atoms with van der Waals surface area (Å²) in [5.74, 6) is -0.731. The van der Waals surface area contributed by atoms with Crippen LogP contribution in [-0.2, 0) is 11.3 Å². The van der Waals surface area contributed by atoms with Crippen molar-refractivity contribution in [3.63, 3.8) is 0 Å². The van der Waals surface area contributed by atoms with Crippen molar-refractivity contribution in [2.75, 3.05) is 56.6 Å². The Morgan fingerprint density at radius 2 is 1.67 bits per heavy atom. The predicted molar refractivity (Wildman–Crippen MR) is 181 cm³/mol. The van der Waals surface area contributed by atoms with E-state index < -0.39 is 5.91 Å². The number of hydrogen-bond donors (Lipinski definition) is 4. The second-order valence-electron chi connectivity index (χ2n) is 11.6. The average Bonchev–Trinajstić information content (AvgIpc) is 3.08. The van der Waals surface area contributed by atoms with E-state index in [1.54, 1.807) is 54.6 Å². The number of carbonyl (C=O) groups excluding carboxylic acids is 3. The lowest BCUT2D eigenvalue weighted by Gasteiger charge is -2.42. The van der Waals surface area contributed by atoms with E-state index in [2.05, 4.69) is 30.8 Å². The third-order valence-corrected chi connectivity index (χ3v) is 8.34. The fourth-order valence-electron chi connectivity index (χ4n) is 5.51. The minimum absolute atomic E-state index is 0.0519. The summed E-state index contributed by atoms with van der Waals surface area (Å²) in [5, 5.41) is 9.01. The van der Waals surface area contributed by atoms with Crippen molar-refractivity contribution in [2.24, 2.45) is 5.73 Å². The van der Waals surface area contributed by atoms with E-state index in [1.807, 2.05) is 11.8 Å². The number of benzene rings is 3. The van der Waals surface area contributed by atoms with Gasteiger partial charge in [0.2, 0.25) is 5.95 Å². The number of carbonyl (C=O) groups is 3. The molecule has 0 atom stereocenters. The first-order chi connectivity index (χ1) is 23.8. The largest absolute Gasteiger partial charge is 0.492 e. The highest BCUT2D eigenvalue weighted by Gasteiger charge is 2.30. The van der Waals surface area contributed by atoms with Crippen molar-refractivity contribution in [1.82, 2.24) is 25.1 Å². The maximum atomic E-state index is 13.4. The fourth-order valence-corrected chi connectivity index (χ4v) is 5.51. The van der Waals surface area contributed by atoms with E-state index in [0.717, 1.165) is 31.9 Å². The molecule has 0 saturated carbocycles. The van der Waals surface area contributed by atoms with Crippen LogP contribution in [0.1, 0.15) is 43.6 Å². The van der Waals surface area contributed by atoms with E-state index in [-0.39, 0.29) is 41.5 Å². The Balaban J connectivity index is 1.13. The molecule has 14 heteroatoms. The van der Waals surface area contributed by atoms with E-state index >= 15 is 0 Å². The van der Waals surface area contributed by atoms with Gasteiger partial charge in [-0.1, -0.05) is 12.1 Å². The van der Waals surface area contributed by atoms with Gasteiger partial charge in [0, 0.05) is 55.7 Å². The lowest BCUT2D eigenvalue weighted by atomic mass is 10.1. The molecule has 0 unspecified atom stereocenters. The van der Waals surface area contributed by atoms with Gasteiger partial charge >= 0.3 is 0 Å². The molecular weight excluding hydrogens is 631 g/mol. The number of hydrogen-bond acceptors (Lipinski definition) is 10. The Morgan fingerprint density at radius 3 is 2.33 bits per heavy atom. The highest BCUT2D eigenvalue weighted by molar-refractivity contribution is 5.99. The first-order valence-electron chi connectivity index (χ1n) is 16.0. The third-order valence-electron chi connectivity index (χ3n) is 8.34. The molecule has 0 bridgehead atoms. The second kappa shape index (κ2) is 15.1. The molecule has 3 aromatic carbocycles. The highest BCUT2D eigenvalue weighted by atomic mass is 19.1. The van der Waals surface area contributed by atoms with Crippen molar-refractivity contribution in [3.8, 4) is 5.75 Å². The highest BCUT2D eigenvalue weighted by Crippen LogP contribution is 2.31. The number of anilines is 4.